The summed E-state index contributed by atoms with van der Waals surface area (Å²) in [6, 6.07) is 15.3. The van der Waals surface area contributed by atoms with Crippen LogP contribution in [0.2, 0.25) is 0 Å². The number of nitrogens with zero attached hydrogens (tertiary/aromatic N) is 5. The number of carbonyl (C=O) groups excluding carboxylic acids is 1. The Labute approximate surface area is 238 Å². The third-order valence-corrected chi connectivity index (χ3v) is 7.62. The smallest absolute Gasteiger partial charge is 0.191 e. The van der Waals surface area contributed by atoms with Crippen LogP contribution in [0.15, 0.2) is 59.8 Å². The van der Waals surface area contributed by atoms with Gasteiger partial charge in [0, 0.05) is 24.4 Å². The molecular weight excluding hydrogens is 526 g/mol. The largest absolute Gasteiger partial charge is 0.493 e. The van der Waals surface area contributed by atoms with E-state index in [4.69, 9.17) is 29.2 Å². The normalized spacial score (nSPS) is 13.7. The Morgan fingerprint density at radius 3 is 2.52 bits per heavy atom. The Morgan fingerprint density at radius 1 is 1.02 bits per heavy atom. The molecule has 0 unspecified atom stereocenters. The molecule has 1 saturated heterocycles. The number of hydrogen-bond donors (Lipinski definition) is 0. The number of fused-ring (bicyclic) bond motifs is 1. The van der Waals surface area contributed by atoms with Crippen LogP contribution in [0.4, 0.5) is 5.82 Å². The van der Waals surface area contributed by atoms with Gasteiger partial charge in [0.05, 0.1) is 34.0 Å². The maximum atomic E-state index is 13.2. The summed E-state index contributed by atoms with van der Waals surface area (Å²) in [5.74, 6) is 3.26. The van der Waals surface area contributed by atoms with E-state index in [1.165, 1.54) is 0 Å². The van der Waals surface area contributed by atoms with Crippen LogP contribution >= 0.6 is 11.8 Å². The maximum Gasteiger partial charge on any atom is 0.191 e. The first kappa shape index (κ1) is 27.7. The minimum Gasteiger partial charge on any atom is -0.493 e. The first-order chi connectivity index (χ1) is 19.6. The minimum absolute atomic E-state index is 0.169. The number of ketones is 1. The van der Waals surface area contributed by atoms with E-state index in [-0.39, 0.29) is 5.78 Å². The van der Waals surface area contributed by atoms with Gasteiger partial charge in [-0.25, -0.2) is 15.0 Å². The van der Waals surface area contributed by atoms with Crippen LogP contribution in [0.25, 0.3) is 17.2 Å². The number of hydrogen-bond acceptors (Lipinski definition) is 9. The van der Waals surface area contributed by atoms with Gasteiger partial charge in [-0.1, -0.05) is 49.0 Å². The number of allylic oxidation sites excluding steroid dienone is 1. The number of imidazole rings is 1. The van der Waals surface area contributed by atoms with Gasteiger partial charge in [-0.3, -0.25) is 4.79 Å². The van der Waals surface area contributed by atoms with Crippen molar-refractivity contribution in [3.63, 3.8) is 0 Å². The highest BCUT2D eigenvalue weighted by molar-refractivity contribution is 7.99. The quantitative estimate of drug-likeness (QED) is 0.107. The van der Waals surface area contributed by atoms with Crippen molar-refractivity contribution in [2.24, 2.45) is 0 Å². The van der Waals surface area contributed by atoms with E-state index in [0.29, 0.717) is 42.6 Å². The average molecular weight is 560 g/mol. The van der Waals surface area contributed by atoms with Crippen LogP contribution in [0, 0.1) is 0 Å². The fourth-order valence-corrected chi connectivity index (χ4v) is 5.21. The summed E-state index contributed by atoms with van der Waals surface area (Å²) in [5.41, 5.74) is 3.07. The van der Waals surface area contributed by atoms with E-state index >= 15 is 0 Å². The molecule has 0 spiro atoms. The van der Waals surface area contributed by atoms with Crippen LogP contribution in [0.5, 0.6) is 11.5 Å². The molecule has 208 valence electrons. The number of thioether (sulfide) groups is 1. The lowest BCUT2D eigenvalue weighted by molar-refractivity contribution is 0.104. The summed E-state index contributed by atoms with van der Waals surface area (Å²) in [4.78, 5) is 30.3. The van der Waals surface area contributed by atoms with Gasteiger partial charge in [-0.05, 0) is 42.3 Å². The van der Waals surface area contributed by atoms with Crippen LogP contribution in [0.3, 0.4) is 0 Å². The Morgan fingerprint density at radius 2 is 1.80 bits per heavy atom. The standard InChI is InChI=1S/C30H33N5O4S/c1-4-18-40-30-32-28(34-14-16-39-17-15-34)27-29(33-30)35(20-21-8-6-5-7-9-21)26(31-27)13-11-23(36)22-10-12-24(37-2)25(19-22)38-3/h5-13,19H,4,14-18,20H2,1-3H3/b13-11+. The molecule has 4 aromatic rings. The fourth-order valence-electron chi connectivity index (χ4n) is 4.52. The van der Waals surface area contributed by atoms with Gasteiger partial charge in [0.25, 0.3) is 0 Å². The number of morpholine rings is 1. The fraction of sp³-hybridized carbons (Fsp3) is 0.333. The van der Waals surface area contributed by atoms with E-state index in [9.17, 15) is 4.79 Å². The molecule has 0 saturated carbocycles. The molecule has 3 heterocycles. The summed E-state index contributed by atoms with van der Waals surface area (Å²) in [6.07, 6.45) is 4.32. The minimum atomic E-state index is -0.169. The molecule has 0 amide bonds. The van der Waals surface area contributed by atoms with Crippen molar-refractivity contribution in [2.45, 2.75) is 25.0 Å². The molecular formula is C30H33N5O4S. The van der Waals surface area contributed by atoms with Crippen molar-refractivity contribution < 1.29 is 19.0 Å². The van der Waals surface area contributed by atoms with Gasteiger partial charge in [0.15, 0.2) is 39.4 Å². The zero-order valence-electron chi connectivity index (χ0n) is 23.0. The summed E-state index contributed by atoms with van der Waals surface area (Å²) in [6.45, 7) is 5.45. The number of ether oxygens (including phenoxy) is 3. The summed E-state index contributed by atoms with van der Waals surface area (Å²) in [5, 5.41) is 0.724. The zero-order valence-corrected chi connectivity index (χ0v) is 23.8. The predicted molar refractivity (Wildman–Crippen MR) is 158 cm³/mol. The van der Waals surface area contributed by atoms with Crippen LogP contribution < -0.4 is 14.4 Å². The van der Waals surface area contributed by atoms with Gasteiger partial charge < -0.3 is 23.7 Å². The predicted octanol–water partition coefficient (Wildman–Crippen LogP) is 5.13. The second-order valence-electron chi connectivity index (χ2n) is 9.26. The first-order valence-corrected chi connectivity index (χ1v) is 14.3. The molecule has 10 heteroatoms. The van der Waals surface area contributed by atoms with Gasteiger partial charge in [-0.2, -0.15) is 0 Å². The number of anilines is 1. The number of aromatic nitrogens is 4. The molecule has 1 fully saturated rings. The molecule has 40 heavy (non-hydrogen) atoms. The highest BCUT2D eigenvalue weighted by atomic mass is 32.2. The Kier molecular flexibility index (Phi) is 8.98. The summed E-state index contributed by atoms with van der Waals surface area (Å²) < 4.78 is 18.3. The monoisotopic (exact) mass is 559 g/mol. The lowest BCUT2D eigenvalue weighted by atomic mass is 10.1. The molecule has 2 aromatic heterocycles. The molecule has 2 aromatic carbocycles. The number of carbonyl (C=O) groups is 1. The third-order valence-electron chi connectivity index (χ3n) is 6.57. The van der Waals surface area contributed by atoms with E-state index in [2.05, 4.69) is 28.5 Å². The average Bonchev–Trinajstić information content (AvgIpc) is 3.35. The second kappa shape index (κ2) is 13.0. The Balaban J connectivity index is 1.59. The SMILES string of the molecule is CCCSc1nc(N2CCOCC2)c2nc(/C=C/C(=O)c3ccc(OC)c(OC)c3)n(Cc3ccccc3)c2n1. The molecule has 5 rings (SSSR count). The van der Waals surface area contributed by atoms with Gasteiger partial charge in [0.1, 0.15) is 5.82 Å². The highest BCUT2D eigenvalue weighted by Crippen LogP contribution is 2.30. The maximum absolute atomic E-state index is 13.2. The van der Waals surface area contributed by atoms with Crippen LogP contribution in [-0.4, -0.2) is 71.6 Å². The molecule has 0 bridgehead atoms. The van der Waals surface area contributed by atoms with Crippen molar-refractivity contribution in [1.29, 1.82) is 0 Å². The number of benzene rings is 2. The van der Waals surface area contributed by atoms with Crippen molar-refractivity contribution in [3.05, 3.63) is 71.6 Å². The van der Waals surface area contributed by atoms with E-state index < -0.39 is 0 Å². The zero-order chi connectivity index (χ0) is 27.9. The summed E-state index contributed by atoms with van der Waals surface area (Å²) >= 11 is 1.64. The van der Waals surface area contributed by atoms with E-state index in [0.717, 1.165) is 53.0 Å². The molecule has 1 aliphatic heterocycles. The molecule has 0 radical (unpaired) electrons. The van der Waals surface area contributed by atoms with Crippen LogP contribution in [0.1, 0.15) is 35.1 Å². The van der Waals surface area contributed by atoms with Crippen molar-refractivity contribution in [1.82, 2.24) is 19.5 Å². The van der Waals surface area contributed by atoms with Crippen LogP contribution in [-0.2, 0) is 11.3 Å². The number of methoxy groups -OCH3 is 2. The molecule has 9 nitrogen and oxygen atoms in total. The first-order valence-electron chi connectivity index (χ1n) is 13.3. The van der Waals surface area contributed by atoms with Gasteiger partial charge in [0.2, 0.25) is 0 Å². The van der Waals surface area contributed by atoms with Gasteiger partial charge >= 0.3 is 0 Å². The molecule has 0 N–H and O–H groups in total. The topological polar surface area (TPSA) is 91.6 Å². The lowest BCUT2D eigenvalue weighted by Crippen LogP contribution is -2.37. The van der Waals surface area contributed by atoms with E-state index in [1.54, 1.807) is 56.3 Å². The van der Waals surface area contributed by atoms with Crippen molar-refractivity contribution >= 4 is 40.6 Å². The molecule has 0 atom stereocenters. The lowest BCUT2D eigenvalue weighted by Gasteiger charge is -2.28. The summed E-state index contributed by atoms with van der Waals surface area (Å²) in [7, 11) is 3.12. The van der Waals surface area contributed by atoms with Crippen molar-refractivity contribution in [2.75, 3.05) is 51.2 Å². The Hall–Kier alpha value is -3.89. The van der Waals surface area contributed by atoms with Gasteiger partial charge in [-0.15, -0.1) is 0 Å². The second-order valence-corrected chi connectivity index (χ2v) is 10.3. The molecule has 1 aliphatic rings. The highest BCUT2D eigenvalue weighted by Gasteiger charge is 2.23. The Bertz CT molecular complexity index is 1500. The third kappa shape index (κ3) is 6.13. The number of rotatable bonds is 11. The molecule has 0 aliphatic carbocycles. The van der Waals surface area contributed by atoms with E-state index in [1.807, 2.05) is 18.2 Å². The van der Waals surface area contributed by atoms with Crippen molar-refractivity contribution in [3.8, 4) is 11.5 Å².